The summed E-state index contributed by atoms with van der Waals surface area (Å²) in [7, 11) is 3.40. The van der Waals surface area contributed by atoms with Gasteiger partial charge in [0.2, 0.25) is 0 Å². The maximum absolute atomic E-state index is 11.9. The molecule has 0 fully saturated rings. The summed E-state index contributed by atoms with van der Waals surface area (Å²) in [6.07, 6.45) is 1.77. The van der Waals surface area contributed by atoms with Crippen LogP contribution in [0.5, 0.6) is 0 Å². The van der Waals surface area contributed by atoms with Crippen LogP contribution in [-0.4, -0.2) is 34.7 Å². The zero-order valence-corrected chi connectivity index (χ0v) is 13.3. The third kappa shape index (κ3) is 2.91. The molecule has 1 unspecified atom stereocenters. The van der Waals surface area contributed by atoms with Crippen LogP contribution in [0.1, 0.15) is 29.0 Å². The van der Waals surface area contributed by atoms with Crippen LogP contribution in [0.4, 0.5) is 0 Å². The third-order valence-electron chi connectivity index (χ3n) is 2.94. The molecule has 1 aromatic heterocycles. The molecule has 2 rings (SSSR count). The number of carbonyl (C=O) groups is 1. The van der Waals surface area contributed by atoms with E-state index in [1.165, 1.54) is 4.90 Å². The van der Waals surface area contributed by atoms with E-state index in [9.17, 15) is 4.79 Å². The van der Waals surface area contributed by atoms with Gasteiger partial charge in [0.15, 0.2) is 5.69 Å². The fraction of sp³-hybridized carbons (Fsp3) is 0.286. The van der Waals surface area contributed by atoms with Crippen LogP contribution < -0.4 is 5.73 Å². The van der Waals surface area contributed by atoms with Gasteiger partial charge in [-0.15, -0.1) is 0 Å². The quantitative estimate of drug-likeness (QED) is 0.935. The fourth-order valence-electron chi connectivity index (χ4n) is 1.90. The minimum Gasteiger partial charge on any atom is -0.343 e. The first-order chi connectivity index (χ1) is 9.40. The lowest BCUT2D eigenvalue weighted by molar-refractivity contribution is 0.0821. The highest BCUT2D eigenvalue weighted by molar-refractivity contribution is 9.10. The number of benzene rings is 1. The zero-order chi connectivity index (χ0) is 14.9. The highest BCUT2D eigenvalue weighted by Gasteiger charge is 2.14. The molecule has 0 bridgehead atoms. The van der Waals surface area contributed by atoms with Crippen molar-refractivity contribution in [3.8, 4) is 5.69 Å². The van der Waals surface area contributed by atoms with Crippen LogP contribution in [0.2, 0.25) is 0 Å². The lowest BCUT2D eigenvalue weighted by Gasteiger charge is -2.13. The van der Waals surface area contributed by atoms with E-state index in [1.54, 1.807) is 31.0 Å². The molecule has 0 aliphatic carbocycles. The van der Waals surface area contributed by atoms with E-state index in [0.717, 1.165) is 15.7 Å². The van der Waals surface area contributed by atoms with Crippen molar-refractivity contribution < 1.29 is 4.79 Å². The van der Waals surface area contributed by atoms with Gasteiger partial charge < -0.3 is 10.6 Å². The van der Waals surface area contributed by atoms with Crippen molar-refractivity contribution in [2.24, 2.45) is 5.73 Å². The molecule has 106 valence electrons. The van der Waals surface area contributed by atoms with Gasteiger partial charge in [0, 0.05) is 30.8 Å². The molecule has 1 aromatic carbocycles. The molecular weight excluding hydrogens is 320 g/mol. The molecule has 0 aliphatic rings. The highest BCUT2D eigenvalue weighted by atomic mass is 79.9. The Morgan fingerprint density at radius 2 is 2.10 bits per heavy atom. The van der Waals surface area contributed by atoms with E-state index < -0.39 is 0 Å². The van der Waals surface area contributed by atoms with Gasteiger partial charge >= 0.3 is 0 Å². The molecule has 1 amide bonds. The first-order valence-corrected chi connectivity index (χ1v) is 7.02. The van der Waals surface area contributed by atoms with Gasteiger partial charge in [0.1, 0.15) is 0 Å². The molecule has 2 N–H and O–H groups in total. The molecule has 6 heteroatoms. The predicted molar refractivity (Wildman–Crippen MR) is 81.9 cm³/mol. The molecule has 0 saturated heterocycles. The van der Waals surface area contributed by atoms with Crippen molar-refractivity contribution in [3.05, 3.63) is 46.2 Å². The van der Waals surface area contributed by atoms with E-state index in [-0.39, 0.29) is 11.9 Å². The Hall–Kier alpha value is -1.66. The second-order valence-corrected chi connectivity index (χ2v) is 5.75. The Bertz CT molecular complexity index is 634. The molecule has 2 aromatic rings. The van der Waals surface area contributed by atoms with Crippen LogP contribution >= 0.6 is 15.9 Å². The lowest BCUT2D eigenvalue weighted by Crippen LogP contribution is -2.22. The van der Waals surface area contributed by atoms with Gasteiger partial charge in [-0.3, -0.25) is 4.79 Å². The Labute approximate surface area is 126 Å². The summed E-state index contributed by atoms with van der Waals surface area (Å²) in [6, 6.07) is 7.43. The van der Waals surface area contributed by atoms with Crippen LogP contribution in [0.25, 0.3) is 5.69 Å². The smallest absolute Gasteiger partial charge is 0.273 e. The number of carbonyl (C=O) groups excluding carboxylic acids is 1. The van der Waals surface area contributed by atoms with Gasteiger partial charge in [-0.1, -0.05) is 22.0 Å². The monoisotopic (exact) mass is 336 g/mol. The van der Waals surface area contributed by atoms with Crippen LogP contribution in [0.3, 0.4) is 0 Å². The number of nitrogens with two attached hydrogens (primary N) is 1. The number of rotatable bonds is 3. The summed E-state index contributed by atoms with van der Waals surface area (Å²) in [5.74, 6) is -0.124. The van der Waals surface area contributed by atoms with Crippen LogP contribution in [-0.2, 0) is 0 Å². The van der Waals surface area contributed by atoms with Gasteiger partial charge in [0.05, 0.1) is 5.69 Å². The fourth-order valence-corrected chi connectivity index (χ4v) is 2.25. The van der Waals surface area contributed by atoms with E-state index in [4.69, 9.17) is 5.73 Å². The van der Waals surface area contributed by atoms with Crippen molar-refractivity contribution in [2.75, 3.05) is 14.1 Å². The standard InChI is InChI=1S/C14H17BrN4O/c1-9(16)11-5-4-10(15)8-13(11)19-7-6-12(17-19)14(20)18(2)3/h4-9H,16H2,1-3H3. The Kier molecular flexibility index (Phi) is 4.25. The summed E-state index contributed by atoms with van der Waals surface area (Å²) in [5.41, 5.74) is 8.23. The minimum atomic E-state index is -0.124. The van der Waals surface area contributed by atoms with Crippen molar-refractivity contribution in [2.45, 2.75) is 13.0 Å². The molecule has 0 radical (unpaired) electrons. The third-order valence-corrected chi connectivity index (χ3v) is 3.44. The van der Waals surface area contributed by atoms with E-state index >= 15 is 0 Å². The van der Waals surface area contributed by atoms with E-state index in [2.05, 4.69) is 21.0 Å². The molecule has 0 spiro atoms. The number of amides is 1. The molecular formula is C14H17BrN4O. The number of aromatic nitrogens is 2. The zero-order valence-electron chi connectivity index (χ0n) is 11.7. The lowest BCUT2D eigenvalue weighted by atomic mass is 10.1. The summed E-state index contributed by atoms with van der Waals surface area (Å²) >= 11 is 3.44. The van der Waals surface area contributed by atoms with Crippen molar-refractivity contribution >= 4 is 21.8 Å². The topological polar surface area (TPSA) is 64.2 Å². The van der Waals surface area contributed by atoms with Gasteiger partial charge in [-0.2, -0.15) is 5.10 Å². The summed E-state index contributed by atoms with van der Waals surface area (Å²) in [6.45, 7) is 1.92. The minimum absolute atomic E-state index is 0.115. The molecule has 1 atom stereocenters. The van der Waals surface area contributed by atoms with Gasteiger partial charge in [0.25, 0.3) is 5.91 Å². The van der Waals surface area contributed by atoms with Crippen LogP contribution in [0, 0.1) is 0 Å². The molecule has 20 heavy (non-hydrogen) atoms. The summed E-state index contributed by atoms with van der Waals surface area (Å²) < 4.78 is 2.62. The van der Waals surface area contributed by atoms with E-state index in [1.807, 2.05) is 25.1 Å². The second kappa shape index (κ2) is 5.76. The summed E-state index contributed by atoms with van der Waals surface area (Å²) in [5, 5.41) is 4.33. The van der Waals surface area contributed by atoms with Crippen molar-refractivity contribution in [1.82, 2.24) is 14.7 Å². The SMILES string of the molecule is CC(N)c1ccc(Br)cc1-n1ccc(C(=O)N(C)C)n1. The van der Waals surface area contributed by atoms with Crippen molar-refractivity contribution in [3.63, 3.8) is 0 Å². The van der Waals surface area contributed by atoms with Crippen LogP contribution in [0.15, 0.2) is 34.9 Å². The average molecular weight is 337 g/mol. The largest absolute Gasteiger partial charge is 0.343 e. The summed E-state index contributed by atoms with van der Waals surface area (Å²) in [4.78, 5) is 13.4. The first kappa shape index (κ1) is 14.7. The molecule has 0 saturated carbocycles. The second-order valence-electron chi connectivity index (χ2n) is 4.84. The average Bonchev–Trinajstić information content (AvgIpc) is 2.86. The maximum atomic E-state index is 11.9. The first-order valence-electron chi connectivity index (χ1n) is 6.23. The molecule has 0 aliphatic heterocycles. The molecule has 1 heterocycles. The number of hydrogen-bond acceptors (Lipinski definition) is 3. The maximum Gasteiger partial charge on any atom is 0.273 e. The Morgan fingerprint density at radius 3 is 2.70 bits per heavy atom. The number of halogens is 1. The molecule has 5 nitrogen and oxygen atoms in total. The van der Waals surface area contributed by atoms with Crippen molar-refractivity contribution in [1.29, 1.82) is 0 Å². The van der Waals surface area contributed by atoms with E-state index in [0.29, 0.717) is 5.69 Å². The highest BCUT2D eigenvalue weighted by Crippen LogP contribution is 2.24. The number of hydrogen-bond donors (Lipinski definition) is 1. The number of nitrogens with zero attached hydrogens (tertiary/aromatic N) is 3. The van der Waals surface area contributed by atoms with Gasteiger partial charge in [-0.25, -0.2) is 4.68 Å². The normalized spacial score (nSPS) is 12.2. The Morgan fingerprint density at radius 1 is 1.40 bits per heavy atom. The van der Waals surface area contributed by atoms with Gasteiger partial charge in [-0.05, 0) is 30.7 Å². The Balaban J connectivity index is 2.47. The predicted octanol–water partition coefficient (Wildman–Crippen LogP) is 2.36.